The molecule has 0 heterocycles. The van der Waals surface area contributed by atoms with Gasteiger partial charge in [0.2, 0.25) is 11.8 Å². The van der Waals surface area contributed by atoms with Crippen LogP contribution in [0, 0.1) is 23.7 Å². The molecule has 2 saturated carbocycles. The maximum atomic E-state index is 12.6. The van der Waals surface area contributed by atoms with E-state index in [0.29, 0.717) is 23.2 Å². The molecule has 2 aliphatic carbocycles. The Kier molecular flexibility index (Phi) is 5.88. The van der Waals surface area contributed by atoms with Crippen LogP contribution in [0.1, 0.15) is 33.1 Å². The Balaban J connectivity index is 0.00000208. The molecule has 4 unspecified atom stereocenters. The van der Waals surface area contributed by atoms with Gasteiger partial charge in [-0.2, -0.15) is 0 Å². The molecule has 0 spiro atoms. The van der Waals surface area contributed by atoms with Crippen molar-refractivity contribution < 1.29 is 9.59 Å². The second-order valence-electron chi connectivity index (χ2n) is 7.15. The Labute approximate surface area is 149 Å². The van der Waals surface area contributed by atoms with Gasteiger partial charge >= 0.3 is 0 Å². The lowest BCUT2D eigenvalue weighted by molar-refractivity contribution is -0.122. The quantitative estimate of drug-likeness (QED) is 0.779. The molecule has 24 heavy (non-hydrogen) atoms. The van der Waals surface area contributed by atoms with Gasteiger partial charge in [-0.15, -0.1) is 12.4 Å². The van der Waals surface area contributed by atoms with Gasteiger partial charge in [0.15, 0.2) is 0 Å². The van der Waals surface area contributed by atoms with Crippen molar-refractivity contribution in [1.82, 2.24) is 0 Å². The van der Waals surface area contributed by atoms with E-state index in [0.717, 1.165) is 19.3 Å². The summed E-state index contributed by atoms with van der Waals surface area (Å²) >= 11 is 0. The first-order valence-electron chi connectivity index (χ1n) is 8.43. The van der Waals surface area contributed by atoms with E-state index in [-0.39, 0.29) is 42.1 Å². The van der Waals surface area contributed by atoms with Crippen LogP contribution in [-0.2, 0) is 9.59 Å². The predicted molar refractivity (Wildman–Crippen MR) is 98.1 cm³/mol. The largest absolute Gasteiger partial charge is 0.327 e. The Morgan fingerprint density at radius 3 is 2.33 bits per heavy atom. The minimum atomic E-state index is -0.0831. The van der Waals surface area contributed by atoms with Crippen molar-refractivity contribution in [3.8, 4) is 0 Å². The molecule has 2 amide bonds. The minimum Gasteiger partial charge on any atom is -0.327 e. The lowest BCUT2D eigenvalue weighted by Crippen LogP contribution is -2.42. The molecule has 4 N–H and O–H groups in total. The first kappa shape index (κ1) is 18.7. The van der Waals surface area contributed by atoms with E-state index in [2.05, 4.69) is 10.6 Å². The zero-order valence-electron chi connectivity index (χ0n) is 14.1. The molecule has 0 aliphatic heterocycles. The molecule has 2 bridgehead atoms. The predicted octanol–water partition coefficient (Wildman–Crippen LogP) is 3.01. The lowest BCUT2D eigenvalue weighted by atomic mass is 9.84. The van der Waals surface area contributed by atoms with E-state index >= 15 is 0 Å². The average molecular weight is 352 g/mol. The lowest BCUT2D eigenvalue weighted by Gasteiger charge is -2.27. The molecule has 3 rings (SSSR count). The third kappa shape index (κ3) is 3.73. The summed E-state index contributed by atoms with van der Waals surface area (Å²) in [6, 6.07) is 7.25. The highest BCUT2D eigenvalue weighted by Crippen LogP contribution is 2.47. The fourth-order valence-corrected chi connectivity index (χ4v) is 3.91. The van der Waals surface area contributed by atoms with E-state index < -0.39 is 0 Å². The van der Waals surface area contributed by atoms with Crippen LogP contribution in [0.3, 0.4) is 0 Å². The molecule has 4 atom stereocenters. The smallest absolute Gasteiger partial charge is 0.229 e. The summed E-state index contributed by atoms with van der Waals surface area (Å²) < 4.78 is 0. The summed E-state index contributed by atoms with van der Waals surface area (Å²) in [6.07, 6.45) is 3.36. The number of carbonyl (C=O) groups is 2. The third-order valence-electron chi connectivity index (χ3n) is 5.21. The molecule has 6 heteroatoms. The van der Waals surface area contributed by atoms with Crippen molar-refractivity contribution in [1.29, 1.82) is 0 Å². The summed E-state index contributed by atoms with van der Waals surface area (Å²) in [4.78, 5) is 24.3. The maximum absolute atomic E-state index is 12.6. The average Bonchev–Trinajstić information content (AvgIpc) is 3.08. The molecule has 0 radical (unpaired) electrons. The second kappa shape index (κ2) is 7.53. The molecule has 0 aromatic heterocycles. The third-order valence-corrected chi connectivity index (χ3v) is 5.21. The molecule has 5 nitrogen and oxygen atoms in total. The van der Waals surface area contributed by atoms with E-state index in [1.54, 1.807) is 6.07 Å². The van der Waals surface area contributed by atoms with Gasteiger partial charge in [-0.05, 0) is 49.3 Å². The number of nitrogens with two attached hydrogens (primary N) is 1. The van der Waals surface area contributed by atoms with Crippen LogP contribution in [0.15, 0.2) is 24.3 Å². The van der Waals surface area contributed by atoms with Crippen LogP contribution in [0.25, 0.3) is 0 Å². The number of fused-ring (bicyclic) bond motifs is 2. The number of hydrogen-bond donors (Lipinski definition) is 3. The van der Waals surface area contributed by atoms with Gasteiger partial charge in [0.1, 0.15) is 0 Å². The van der Waals surface area contributed by atoms with Crippen LogP contribution in [0.2, 0.25) is 0 Å². The Morgan fingerprint density at radius 2 is 1.75 bits per heavy atom. The number of carbonyl (C=O) groups excluding carboxylic acids is 2. The van der Waals surface area contributed by atoms with E-state index in [4.69, 9.17) is 5.73 Å². The van der Waals surface area contributed by atoms with Gasteiger partial charge in [0, 0.05) is 23.3 Å². The van der Waals surface area contributed by atoms with Crippen LogP contribution >= 0.6 is 12.4 Å². The monoisotopic (exact) mass is 351 g/mol. The second-order valence-corrected chi connectivity index (χ2v) is 7.15. The highest BCUT2D eigenvalue weighted by atomic mass is 35.5. The highest BCUT2D eigenvalue weighted by molar-refractivity contribution is 5.96. The molecular weight excluding hydrogens is 326 g/mol. The number of anilines is 2. The van der Waals surface area contributed by atoms with E-state index in [9.17, 15) is 9.59 Å². The van der Waals surface area contributed by atoms with Crippen molar-refractivity contribution in [2.24, 2.45) is 29.4 Å². The summed E-state index contributed by atoms with van der Waals surface area (Å²) in [5.41, 5.74) is 7.62. The Morgan fingerprint density at radius 1 is 1.12 bits per heavy atom. The van der Waals surface area contributed by atoms with Crippen molar-refractivity contribution in [2.75, 3.05) is 10.6 Å². The number of benzene rings is 1. The summed E-state index contributed by atoms with van der Waals surface area (Å²) in [5.74, 6) is 0.745. The van der Waals surface area contributed by atoms with Gasteiger partial charge < -0.3 is 16.4 Å². The molecular formula is C18H26ClN3O2. The van der Waals surface area contributed by atoms with Gasteiger partial charge in [0.05, 0.1) is 5.92 Å². The van der Waals surface area contributed by atoms with Crippen molar-refractivity contribution in [3.63, 3.8) is 0 Å². The number of amides is 2. The normalized spacial score (nSPS) is 27.7. The van der Waals surface area contributed by atoms with Gasteiger partial charge in [-0.25, -0.2) is 0 Å². The van der Waals surface area contributed by atoms with Gasteiger partial charge in [0.25, 0.3) is 0 Å². The SMILES string of the molecule is CC(C)C(=O)Nc1cccc(NC(=O)C2C3CCC(C3)C2N)c1.Cl. The van der Waals surface area contributed by atoms with E-state index in [1.807, 2.05) is 32.0 Å². The Bertz CT molecular complexity index is 618. The fourth-order valence-electron chi connectivity index (χ4n) is 3.91. The molecule has 0 saturated heterocycles. The molecule has 132 valence electrons. The van der Waals surface area contributed by atoms with Gasteiger partial charge in [-0.3, -0.25) is 9.59 Å². The summed E-state index contributed by atoms with van der Waals surface area (Å²) in [7, 11) is 0. The highest BCUT2D eigenvalue weighted by Gasteiger charge is 2.49. The van der Waals surface area contributed by atoms with Gasteiger partial charge in [-0.1, -0.05) is 19.9 Å². The van der Waals surface area contributed by atoms with Crippen molar-refractivity contribution >= 4 is 35.6 Å². The fraction of sp³-hybridized carbons (Fsp3) is 0.556. The van der Waals surface area contributed by atoms with E-state index in [1.165, 1.54) is 0 Å². The Hall–Kier alpha value is -1.59. The van der Waals surface area contributed by atoms with Crippen molar-refractivity contribution in [2.45, 2.75) is 39.2 Å². The standard InChI is InChI=1S/C18H25N3O2.ClH/c1-10(2)17(22)20-13-4-3-5-14(9-13)21-18(23)15-11-6-7-12(8-11)16(15)19;/h3-5,9-12,15-16H,6-8,19H2,1-2H3,(H,20,22)(H,21,23);1H. The number of halogens is 1. The topological polar surface area (TPSA) is 84.2 Å². The minimum absolute atomic E-state index is 0. The molecule has 1 aromatic carbocycles. The van der Waals surface area contributed by atoms with Crippen LogP contribution < -0.4 is 16.4 Å². The van der Waals surface area contributed by atoms with Crippen LogP contribution in [-0.4, -0.2) is 17.9 Å². The first-order valence-corrected chi connectivity index (χ1v) is 8.43. The zero-order chi connectivity index (χ0) is 16.6. The maximum Gasteiger partial charge on any atom is 0.229 e. The number of rotatable bonds is 4. The summed E-state index contributed by atoms with van der Waals surface area (Å²) in [5, 5.41) is 5.82. The molecule has 1 aromatic rings. The first-order chi connectivity index (χ1) is 11.0. The summed E-state index contributed by atoms with van der Waals surface area (Å²) in [6.45, 7) is 3.69. The van der Waals surface area contributed by atoms with Crippen LogP contribution in [0.4, 0.5) is 11.4 Å². The van der Waals surface area contributed by atoms with Crippen molar-refractivity contribution in [3.05, 3.63) is 24.3 Å². The molecule has 2 aliphatic rings. The zero-order valence-corrected chi connectivity index (χ0v) is 14.9. The number of hydrogen-bond acceptors (Lipinski definition) is 3. The number of nitrogens with one attached hydrogen (secondary N) is 2. The van der Waals surface area contributed by atoms with Crippen LogP contribution in [0.5, 0.6) is 0 Å². The molecule has 2 fully saturated rings.